The van der Waals surface area contributed by atoms with Gasteiger partial charge in [0.15, 0.2) is 0 Å². The minimum atomic E-state index is -4.46. The van der Waals surface area contributed by atoms with Crippen molar-refractivity contribution in [3.63, 3.8) is 0 Å². The molecule has 11 heteroatoms. The number of nitrogens with two attached hydrogens (primary N) is 1. The summed E-state index contributed by atoms with van der Waals surface area (Å²) in [5.41, 5.74) is 5.71. The molecule has 0 aliphatic carbocycles. The molecule has 0 saturated carbocycles. The van der Waals surface area contributed by atoms with Crippen LogP contribution in [0.4, 0.5) is 13.2 Å². The van der Waals surface area contributed by atoms with Crippen molar-refractivity contribution < 1.29 is 27.6 Å². The van der Waals surface area contributed by atoms with Crippen LogP contribution in [0.15, 0.2) is 0 Å². The minimum absolute atomic E-state index is 0. The Hall–Kier alpha value is -1.55. The molecule has 28 heavy (non-hydrogen) atoms. The van der Waals surface area contributed by atoms with Crippen molar-refractivity contribution in [2.75, 3.05) is 32.7 Å². The molecule has 1 heterocycles. The van der Waals surface area contributed by atoms with Gasteiger partial charge in [-0.1, -0.05) is 13.8 Å². The number of amides is 3. The molecule has 0 aromatic heterocycles. The van der Waals surface area contributed by atoms with Crippen molar-refractivity contribution >= 4 is 30.1 Å². The first kappa shape index (κ1) is 26.4. The van der Waals surface area contributed by atoms with Gasteiger partial charge >= 0.3 is 6.18 Å². The summed E-state index contributed by atoms with van der Waals surface area (Å²) in [7, 11) is 0. The SMILES string of the molecule is CCN(CC(F)(F)F)C(=O)C1CCCN(C(=O)CNC(=O)[C@@H](N)C(C)C)C1.Cl. The van der Waals surface area contributed by atoms with E-state index in [1.54, 1.807) is 13.8 Å². The molecule has 164 valence electrons. The summed E-state index contributed by atoms with van der Waals surface area (Å²) in [5.74, 6) is -2.16. The molecule has 1 aliphatic rings. The Morgan fingerprint density at radius 1 is 1.29 bits per heavy atom. The van der Waals surface area contributed by atoms with Gasteiger partial charge in [0.05, 0.1) is 18.5 Å². The minimum Gasteiger partial charge on any atom is -0.346 e. The second-order valence-corrected chi connectivity index (χ2v) is 7.13. The highest BCUT2D eigenvalue weighted by atomic mass is 35.5. The van der Waals surface area contributed by atoms with Crippen LogP contribution >= 0.6 is 12.4 Å². The molecule has 1 rings (SSSR count). The van der Waals surface area contributed by atoms with E-state index < -0.39 is 36.5 Å². The fourth-order valence-electron chi connectivity index (χ4n) is 2.92. The second kappa shape index (κ2) is 11.5. The highest BCUT2D eigenvalue weighted by molar-refractivity contribution is 5.88. The van der Waals surface area contributed by atoms with Gasteiger partial charge in [0.1, 0.15) is 6.54 Å². The maximum Gasteiger partial charge on any atom is 0.406 e. The number of carbonyl (C=O) groups excluding carboxylic acids is 3. The van der Waals surface area contributed by atoms with Crippen LogP contribution in [0.1, 0.15) is 33.6 Å². The summed E-state index contributed by atoms with van der Waals surface area (Å²) in [6.07, 6.45) is -3.51. The van der Waals surface area contributed by atoms with Crippen molar-refractivity contribution in [3.05, 3.63) is 0 Å². The molecule has 2 atom stereocenters. The van der Waals surface area contributed by atoms with E-state index in [4.69, 9.17) is 5.73 Å². The first-order valence-electron chi connectivity index (χ1n) is 9.12. The first-order valence-corrected chi connectivity index (χ1v) is 9.12. The molecule has 1 aliphatic heterocycles. The Bertz CT molecular complexity index is 546. The lowest BCUT2D eigenvalue weighted by molar-refractivity contribution is -0.164. The van der Waals surface area contributed by atoms with Crippen LogP contribution in [0.25, 0.3) is 0 Å². The molecular formula is C17H30ClF3N4O3. The quantitative estimate of drug-likeness (QED) is 0.633. The number of carbonyl (C=O) groups is 3. The number of piperidine rings is 1. The van der Waals surface area contributed by atoms with Crippen LogP contribution in [0.2, 0.25) is 0 Å². The van der Waals surface area contributed by atoms with E-state index in [-0.39, 0.29) is 43.9 Å². The van der Waals surface area contributed by atoms with Gasteiger partial charge in [-0.3, -0.25) is 14.4 Å². The van der Waals surface area contributed by atoms with E-state index >= 15 is 0 Å². The Labute approximate surface area is 169 Å². The lowest BCUT2D eigenvalue weighted by Gasteiger charge is -2.35. The van der Waals surface area contributed by atoms with Gasteiger partial charge in [-0.2, -0.15) is 13.2 Å². The standard InChI is InChI=1S/C17H29F3N4O3.ClH/c1-4-23(10-17(18,19)20)16(27)12-6-5-7-24(9-12)13(25)8-22-15(26)14(21)11(2)3;/h11-12,14H,4-10,21H2,1-3H3,(H,22,26);1H/t12?,14-;/m0./s1. The molecule has 3 N–H and O–H groups in total. The Morgan fingerprint density at radius 3 is 2.39 bits per heavy atom. The predicted molar refractivity (Wildman–Crippen MR) is 101 cm³/mol. The average molecular weight is 431 g/mol. The third kappa shape index (κ3) is 8.22. The van der Waals surface area contributed by atoms with Crippen molar-refractivity contribution in [2.24, 2.45) is 17.6 Å². The Morgan fingerprint density at radius 2 is 1.89 bits per heavy atom. The Balaban J connectivity index is 0.00000729. The van der Waals surface area contributed by atoms with Crippen molar-refractivity contribution in [1.82, 2.24) is 15.1 Å². The smallest absolute Gasteiger partial charge is 0.346 e. The summed E-state index contributed by atoms with van der Waals surface area (Å²) < 4.78 is 37.8. The molecular weight excluding hydrogens is 401 g/mol. The number of hydrogen-bond donors (Lipinski definition) is 2. The van der Waals surface area contributed by atoms with Gasteiger partial charge in [-0.25, -0.2) is 0 Å². The fraction of sp³-hybridized carbons (Fsp3) is 0.824. The summed E-state index contributed by atoms with van der Waals surface area (Å²) in [6.45, 7) is 3.92. The van der Waals surface area contributed by atoms with E-state index in [0.717, 1.165) is 4.90 Å². The fourth-order valence-corrected chi connectivity index (χ4v) is 2.92. The molecule has 7 nitrogen and oxygen atoms in total. The molecule has 0 aromatic carbocycles. The van der Waals surface area contributed by atoms with Gasteiger partial charge in [0.2, 0.25) is 17.7 Å². The third-order valence-corrected chi connectivity index (χ3v) is 4.62. The van der Waals surface area contributed by atoms with Gasteiger partial charge in [0, 0.05) is 19.6 Å². The highest BCUT2D eigenvalue weighted by Gasteiger charge is 2.36. The number of rotatable bonds is 7. The molecule has 1 saturated heterocycles. The van der Waals surface area contributed by atoms with Crippen molar-refractivity contribution in [1.29, 1.82) is 0 Å². The predicted octanol–water partition coefficient (Wildman–Crippen LogP) is 1.16. The van der Waals surface area contributed by atoms with Crippen molar-refractivity contribution in [2.45, 2.75) is 45.8 Å². The summed E-state index contributed by atoms with van der Waals surface area (Å²) in [4.78, 5) is 38.7. The van der Waals surface area contributed by atoms with E-state index in [1.807, 2.05) is 0 Å². The monoisotopic (exact) mass is 430 g/mol. The van der Waals surface area contributed by atoms with E-state index in [0.29, 0.717) is 19.4 Å². The number of halogens is 4. The molecule has 1 fully saturated rings. The zero-order chi connectivity index (χ0) is 20.8. The lowest BCUT2D eigenvalue weighted by atomic mass is 9.96. The lowest BCUT2D eigenvalue weighted by Crippen LogP contribution is -2.52. The molecule has 0 spiro atoms. The van der Waals surface area contributed by atoms with Crippen LogP contribution in [0, 0.1) is 11.8 Å². The number of nitrogens with one attached hydrogen (secondary N) is 1. The normalized spacial score (nSPS) is 18.3. The highest BCUT2D eigenvalue weighted by Crippen LogP contribution is 2.22. The van der Waals surface area contributed by atoms with Gasteiger partial charge in [-0.15, -0.1) is 12.4 Å². The zero-order valence-corrected chi connectivity index (χ0v) is 17.2. The van der Waals surface area contributed by atoms with Crippen LogP contribution in [-0.2, 0) is 14.4 Å². The molecule has 3 amide bonds. The van der Waals surface area contributed by atoms with Crippen LogP contribution in [0.3, 0.4) is 0 Å². The summed E-state index contributed by atoms with van der Waals surface area (Å²) in [6, 6.07) is -0.728. The zero-order valence-electron chi connectivity index (χ0n) is 16.4. The van der Waals surface area contributed by atoms with Crippen LogP contribution in [0.5, 0.6) is 0 Å². The number of likely N-dealkylation sites (tertiary alicyclic amines) is 1. The number of alkyl halides is 3. The molecule has 0 radical (unpaired) electrons. The second-order valence-electron chi connectivity index (χ2n) is 7.13. The van der Waals surface area contributed by atoms with Gasteiger partial charge in [-0.05, 0) is 25.7 Å². The van der Waals surface area contributed by atoms with Crippen LogP contribution < -0.4 is 11.1 Å². The summed E-state index contributed by atoms with van der Waals surface area (Å²) in [5, 5.41) is 2.47. The number of nitrogens with zero attached hydrogens (tertiary/aromatic N) is 2. The largest absolute Gasteiger partial charge is 0.406 e. The average Bonchev–Trinajstić information content (AvgIpc) is 2.61. The molecule has 0 aromatic rings. The van der Waals surface area contributed by atoms with Gasteiger partial charge < -0.3 is 20.9 Å². The maximum absolute atomic E-state index is 12.6. The van der Waals surface area contributed by atoms with Crippen molar-refractivity contribution in [3.8, 4) is 0 Å². The first-order chi connectivity index (χ1) is 12.5. The van der Waals surface area contributed by atoms with E-state index in [9.17, 15) is 27.6 Å². The van der Waals surface area contributed by atoms with E-state index in [2.05, 4.69) is 5.32 Å². The summed E-state index contributed by atoms with van der Waals surface area (Å²) >= 11 is 0. The number of hydrogen-bond acceptors (Lipinski definition) is 4. The molecule has 1 unspecified atom stereocenters. The van der Waals surface area contributed by atoms with E-state index in [1.165, 1.54) is 11.8 Å². The third-order valence-electron chi connectivity index (χ3n) is 4.62. The van der Waals surface area contributed by atoms with Gasteiger partial charge in [0.25, 0.3) is 0 Å². The van der Waals surface area contributed by atoms with Crippen LogP contribution in [-0.4, -0.2) is 72.5 Å². The molecule has 0 bridgehead atoms. The topological polar surface area (TPSA) is 95.7 Å². The Kier molecular flexibility index (Phi) is 10.8. The maximum atomic E-state index is 12.6.